The molecular weight excluding hydrogens is 352 g/mol. The number of benzene rings is 2. The van der Waals surface area contributed by atoms with Crippen LogP contribution in [0.1, 0.15) is 15.9 Å². The number of carboxylic acid groups (broad SMARTS) is 1. The maximum atomic E-state index is 10.9. The second kappa shape index (κ2) is 5.83. The summed E-state index contributed by atoms with van der Waals surface area (Å²) < 4.78 is 1.93. The first-order valence-electron chi connectivity index (χ1n) is 6.22. The number of nitrogens with one attached hydrogen (secondary N) is 1. The Balaban J connectivity index is 1.76. The Morgan fingerprint density at radius 1 is 1.29 bits per heavy atom. The summed E-state index contributed by atoms with van der Waals surface area (Å²) in [7, 11) is 0. The molecule has 21 heavy (non-hydrogen) atoms. The van der Waals surface area contributed by atoms with E-state index < -0.39 is 5.97 Å². The van der Waals surface area contributed by atoms with E-state index in [1.807, 2.05) is 23.7 Å². The third-order valence-corrected chi connectivity index (χ3v) is 4.64. The lowest BCUT2D eigenvalue weighted by atomic mass is 10.1. The van der Waals surface area contributed by atoms with Gasteiger partial charge in [-0.2, -0.15) is 0 Å². The van der Waals surface area contributed by atoms with E-state index in [4.69, 9.17) is 5.11 Å². The van der Waals surface area contributed by atoms with Crippen molar-refractivity contribution in [1.29, 1.82) is 0 Å². The first kappa shape index (κ1) is 14.0. The first-order chi connectivity index (χ1) is 10.1. The van der Waals surface area contributed by atoms with Gasteiger partial charge in [-0.3, -0.25) is 0 Å². The zero-order valence-electron chi connectivity index (χ0n) is 10.8. The summed E-state index contributed by atoms with van der Waals surface area (Å²) in [5.41, 5.74) is 5.12. The van der Waals surface area contributed by atoms with Crippen LogP contribution in [0, 0.1) is 0 Å². The van der Waals surface area contributed by atoms with E-state index >= 15 is 0 Å². The highest BCUT2D eigenvalue weighted by molar-refractivity contribution is 9.10. The minimum Gasteiger partial charge on any atom is -0.478 e. The topological polar surface area (TPSA) is 62.2 Å². The average Bonchev–Trinajstić information content (AvgIpc) is 2.93. The SMILES string of the molecule is O=C(O)c1ccc(CNc2ccc3ncsc3c2)c(Br)c1. The van der Waals surface area contributed by atoms with Gasteiger partial charge in [-0.05, 0) is 35.9 Å². The van der Waals surface area contributed by atoms with Crippen molar-refractivity contribution in [2.45, 2.75) is 6.54 Å². The molecule has 0 aliphatic rings. The van der Waals surface area contributed by atoms with Crippen LogP contribution in [0.25, 0.3) is 10.2 Å². The Hall–Kier alpha value is -1.92. The fourth-order valence-corrected chi connectivity index (χ4v) is 3.22. The number of thiazole rings is 1. The number of fused-ring (bicyclic) bond motifs is 1. The predicted octanol–water partition coefficient (Wildman–Crippen LogP) is 4.37. The van der Waals surface area contributed by atoms with Crippen molar-refractivity contribution in [1.82, 2.24) is 4.98 Å². The molecule has 0 fully saturated rings. The standard InChI is InChI=1S/C15H11BrN2O2S/c16-12-5-9(15(19)20)1-2-10(12)7-17-11-3-4-13-14(6-11)21-8-18-13/h1-6,8,17H,7H2,(H,19,20). The van der Waals surface area contributed by atoms with Crippen LogP contribution in [0.3, 0.4) is 0 Å². The van der Waals surface area contributed by atoms with Crippen molar-refractivity contribution in [2.24, 2.45) is 0 Å². The van der Waals surface area contributed by atoms with Crippen molar-refractivity contribution >= 4 is 49.1 Å². The van der Waals surface area contributed by atoms with E-state index in [1.165, 1.54) is 0 Å². The van der Waals surface area contributed by atoms with Crippen LogP contribution in [-0.4, -0.2) is 16.1 Å². The second-order valence-corrected chi connectivity index (χ2v) is 6.24. The Kier molecular flexibility index (Phi) is 3.90. The predicted molar refractivity (Wildman–Crippen MR) is 88.0 cm³/mol. The summed E-state index contributed by atoms with van der Waals surface area (Å²) >= 11 is 5.02. The Morgan fingerprint density at radius 2 is 2.14 bits per heavy atom. The molecular formula is C15H11BrN2O2S. The number of aromatic carboxylic acids is 1. The Labute approximate surface area is 133 Å². The highest BCUT2D eigenvalue weighted by Crippen LogP contribution is 2.24. The molecule has 0 unspecified atom stereocenters. The molecule has 0 radical (unpaired) electrons. The lowest BCUT2D eigenvalue weighted by Crippen LogP contribution is -2.02. The van der Waals surface area contributed by atoms with E-state index in [0.29, 0.717) is 6.54 Å². The van der Waals surface area contributed by atoms with Gasteiger partial charge in [-0.15, -0.1) is 11.3 Å². The second-order valence-electron chi connectivity index (χ2n) is 4.50. The van der Waals surface area contributed by atoms with E-state index in [9.17, 15) is 4.79 Å². The van der Waals surface area contributed by atoms with Crippen LogP contribution >= 0.6 is 27.3 Å². The number of aromatic nitrogens is 1. The molecule has 0 saturated heterocycles. The number of rotatable bonds is 4. The van der Waals surface area contributed by atoms with Gasteiger partial charge in [0.25, 0.3) is 0 Å². The number of carboxylic acids is 1. The summed E-state index contributed by atoms with van der Waals surface area (Å²) in [5, 5.41) is 12.3. The van der Waals surface area contributed by atoms with Crippen LogP contribution in [0.2, 0.25) is 0 Å². The molecule has 0 spiro atoms. The van der Waals surface area contributed by atoms with Crippen molar-refractivity contribution in [3.05, 3.63) is 57.5 Å². The fraction of sp³-hybridized carbons (Fsp3) is 0.0667. The molecule has 0 bridgehead atoms. The van der Waals surface area contributed by atoms with Crippen molar-refractivity contribution in [2.75, 3.05) is 5.32 Å². The van der Waals surface area contributed by atoms with Crippen molar-refractivity contribution in [3.8, 4) is 0 Å². The molecule has 0 saturated carbocycles. The smallest absolute Gasteiger partial charge is 0.335 e. The zero-order chi connectivity index (χ0) is 14.8. The summed E-state index contributed by atoms with van der Waals surface area (Å²) in [4.78, 5) is 15.1. The van der Waals surface area contributed by atoms with E-state index in [2.05, 4.69) is 32.3 Å². The zero-order valence-corrected chi connectivity index (χ0v) is 13.2. The molecule has 0 aliphatic heterocycles. The highest BCUT2D eigenvalue weighted by atomic mass is 79.9. The third-order valence-electron chi connectivity index (χ3n) is 3.11. The molecule has 1 heterocycles. The molecule has 6 heteroatoms. The minimum absolute atomic E-state index is 0.275. The van der Waals surface area contributed by atoms with Gasteiger partial charge in [0.15, 0.2) is 0 Å². The monoisotopic (exact) mass is 362 g/mol. The maximum absolute atomic E-state index is 10.9. The maximum Gasteiger partial charge on any atom is 0.335 e. The number of hydrogen-bond acceptors (Lipinski definition) is 4. The minimum atomic E-state index is -0.925. The van der Waals surface area contributed by atoms with Gasteiger partial charge in [0.1, 0.15) is 0 Å². The van der Waals surface area contributed by atoms with Gasteiger partial charge in [-0.1, -0.05) is 22.0 Å². The number of carbonyl (C=O) groups is 1. The molecule has 106 valence electrons. The largest absolute Gasteiger partial charge is 0.478 e. The lowest BCUT2D eigenvalue weighted by molar-refractivity contribution is 0.0697. The summed E-state index contributed by atoms with van der Waals surface area (Å²) in [6, 6.07) is 11.1. The van der Waals surface area contributed by atoms with Crippen LogP contribution in [0.5, 0.6) is 0 Å². The Bertz CT molecular complexity index is 816. The number of hydrogen-bond donors (Lipinski definition) is 2. The van der Waals surface area contributed by atoms with Gasteiger partial charge in [0.2, 0.25) is 0 Å². The molecule has 3 aromatic rings. The number of anilines is 1. The van der Waals surface area contributed by atoms with Gasteiger partial charge >= 0.3 is 5.97 Å². The van der Waals surface area contributed by atoms with E-state index in [0.717, 1.165) is 25.9 Å². The summed E-state index contributed by atoms with van der Waals surface area (Å²) in [6.45, 7) is 0.616. The number of nitrogens with zero attached hydrogens (tertiary/aromatic N) is 1. The van der Waals surface area contributed by atoms with Crippen molar-refractivity contribution < 1.29 is 9.90 Å². The van der Waals surface area contributed by atoms with Crippen molar-refractivity contribution in [3.63, 3.8) is 0 Å². The highest BCUT2D eigenvalue weighted by Gasteiger charge is 2.07. The van der Waals surface area contributed by atoms with Crippen LogP contribution in [-0.2, 0) is 6.54 Å². The quantitative estimate of drug-likeness (QED) is 0.723. The van der Waals surface area contributed by atoms with E-state index in [-0.39, 0.29) is 5.56 Å². The summed E-state index contributed by atoms with van der Waals surface area (Å²) in [5.74, 6) is -0.925. The number of halogens is 1. The molecule has 2 aromatic carbocycles. The summed E-state index contributed by atoms with van der Waals surface area (Å²) in [6.07, 6.45) is 0. The average molecular weight is 363 g/mol. The van der Waals surface area contributed by atoms with Gasteiger partial charge < -0.3 is 10.4 Å². The third kappa shape index (κ3) is 3.06. The van der Waals surface area contributed by atoms with Gasteiger partial charge in [-0.25, -0.2) is 9.78 Å². The molecule has 3 rings (SSSR count). The van der Waals surface area contributed by atoms with E-state index in [1.54, 1.807) is 23.5 Å². The molecule has 0 atom stereocenters. The molecule has 2 N–H and O–H groups in total. The molecule has 0 aliphatic carbocycles. The lowest BCUT2D eigenvalue weighted by Gasteiger charge is -2.09. The Morgan fingerprint density at radius 3 is 2.90 bits per heavy atom. The van der Waals surface area contributed by atoms with Crippen LogP contribution in [0.15, 0.2) is 46.4 Å². The molecule has 0 amide bonds. The molecule has 1 aromatic heterocycles. The van der Waals surface area contributed by atoms with Gasteiger partial charge in [0, 0.05) is 16.7 Å². The first-order valence-corrected chi connectivity index (χ1v) is 7.89. The molecule has 4 nitrogen and oxygen atoms in total. The normalized spacial score (nSPS) is 10.7. The van der Waals surface area contributed by atoms with Crippen LogP contribution < -0.4 is 5.32 Å². The van der Waals surface area contributed by atoms with Gasteiger partial charge in [0.05, 0.1) is 21.3 Å². The van der Waals surface area contributed by atoms with Crippen LogP contribution in [0.4, 0.5) is 5.69 Å². The fourth-order valence-electron chi connectivity index (χ4n) is 1.99.